The van der Waals surface area contributed by atoms with Crippen molar-refractivity contribution in [2.45, 2.75) is 63.8 Å². The minimum Gasteiger partial charge on any atom is -0.315 e. The van der Waals surface area contributed by atoms with Crippen molar-refractivity contribution >= 4 is 0 Å². The topological polar surface area (TPSA) is 12.0 Å². The van der Waals surface area contributed by atoms with Crippen LogP contribution in [0.1, 0.15) is 58.3 Å². The quantitative estimate of drug-likeness (QED) is 0.676. The average molecular weight is 195 g/mol. The number of fused-ring (bicyclic) bond motifs is 1. The largest absolute Gasteiger partial charge is 0.315 e. The van der Waals surface area contributed by atoms with Crippen molar-refractivity contribution < 1.29 is 0 Å². The van der Waals surface area contributed by atoms with Crippen LogP contribution in [0, 0.1) is 11.8 Å². The second kappa shape index (κ2) is 4.22. The molecule has 2 rings (SSSR count). The van der Waals surface area contributed by atoms with Crippen molar-refractivity contribution in [1.29, 1.82) is 0 Å². The Kier molecular flexibility index (Phi) is 3.16. The summed E-state index contributed by atoms with van der Waals surface area (Å²) in [5.41, 5.74) is 0.441. The molecule has 0 aliphatic heterocycles. The molecule has 0 heterocycles. The second-order valence-electron chi connectivity index (χ2n) is 5.72. The van der Waals surface area contributed by atoms with Gasteiger partial charge in [0.2, 0.25) is 0 Å². The molecule has 2 aliphatic carbocycles. The standard InChI is InChI=1S/C13H25N/c1-13(14-2)8-6-4-3-5-7-11-9-12(11)10-13/h11-12,14H,3-10H2,1-2H3. The third-order valence-electron chi connectivity index (χ3n) is 4.44. The van der Waals surface area contributed by atoms with E-state index in [-0.39, 0.29) is 0 Å². The zero-order chi connectivity index (χ0) is 10.0. The Hall–Kier alpha value is -0.0400. The van der Waals surface area contributed by atoms with E-state index in [1.54, 1.807) is 0 Å². The van der Waals surface area contributed by atoms with Gasteiger partial charge in [-0.25, -0.2) is 0 Å². The van der Waals surface area contributed by atoms with E-state index in [4.69, 9.17) is 0 Å². The first kappa shape index (κ1) is 10.5. The maximum absolute atomic E-state index is 3.55. The highest BCUT2D eigenvalue weighted by Crippen LogP contribution is 2.48. The molecule has 0 bridgehead atoms. The second-order valence-corrected chi connectivity index (χ2v) is 5.72. The van der Waals surface area contributed by atoms with Crippen LogP contribution in [0.5, 0.6) is 0 Å². The predicted octanol–water partition coefficient (Wildman–Crippen LogP) is 3.34. The molecule has 2 aliphatic rings. The molecule has 1 nitrogen and oxygen atoms in total. The fourth-order valence-corrected chi connectivity index (χ4v) is 3.10. The van der Waals surface area contributed by atoms with Crippen LogP contribution in [-0.4, -0.2) is 12.6 Å². The first-order chi connectivity index (χ1) is 6.73. The summed E-state index contributed by atoms with van der Waals surface area (Å²) >= 11 is 0. The summed E-state index contributed by atoms with van der Waals surface area (Å²) in [5.74, 6) is 2.16. The Labute approximate surface area is 88.7 Å². The van der Waals surface area contributed by atoms with Crippen molar-refractivity contribution in [3.63, 3.8) is 0 Å². The van der Waals surface area contributed by atoms with Gasteiger partial charge < -0.3 is 5.32 Å². The molecule has 1 N–H and O–H groups in total. The van der Waals surface area contributed by atoms with Crippen LogP contribution in [0.2, 0.25) is 0 Å². The molecular formula is C13H25N. The summed E-state index contributed by atoms with van der Waals surface area (Å²) in [5, 5.41) is 3.55. The molecule has 3 unspecified atom stereocenters. The third kappa shape index (κ3) is 2.50. The van der Waals surface area contributed by atoms with E-state index in [9.17, 15) is 0 Å². The number of hydrogen-bond donors (Lipinski definition) is 1. The van der Waals surface area contributed by atoms with Crippen LogP contribution in [-0.2, 0) is 0 Å². The monoisotopic (exact) mass is 195 g/mol. The van der Waals surface area contributed by atoms with Crippen LogP contribution in [0.4, 0.5) is 0 Å². The van der Waals surface area contributed by atoms with Crippen molar-refractivity contribution in [3.05, 3.63) is 0 Å². The summed E-state index contributed by atoms with van der Waals surface area (Å²) in [6.07, 6.45) is 11.7. The van der Waals surface area contributed by atoms with Gasteiger partial charge in [0.25, 0.3) is 0 Å². The summed E-state index contributed by atoms with van der Waals surface area (Å²) < 4.78 is 0. The van der Waals surface area contributed by atoms with Crippen molar-refractivity contribution in [3.8, 4) is 0 Å². The molecule has 0 aromatic carbocycles. The van der Waals surface area contributed by atoms with E-state index in [1.165, 1.54) is 51.4 Å². The molecule has 82 valence electrons. The van der Waals surface area contributed by atoms with E-state index in [1.807, 2.05) is 0 Å². The Morgan fingerprint density at radius 2 is 1.86 bits per heavy atom. The Morgan fingerprint density at radius 1 is 1.07 bits per heavy atom. The maximum Gasteiger partial charge on any atom is 0.0153 e. The molecule has 0 saturated heterocycles. The first-order valence-corrected chi connectivity index (χ1v) is 6.42. The van der Waals surface area contributed by atoms with Crippen molar-refractivity contribution in [2.75, 3.05) is 7.05 Å². The van der Waals surface area contributed by atoms with Gasteiger partial charge in [-0.3, -0.25) is 0 Å². The Balaban J connectivity index is 1.91. The average Bonchev–Trinajstić information content (AvgIpc) is 2.90. The normalized spacial score (nSPS) is 44.1. The number of nitrogens with one attached hydrogen (secondary N) is 1. The van der Waals surface area contributed by atoms with Gasteiger partial charge in [-0.05, 0) is 45.1 Å². The van der Waals surface area contributed by atoms with Gasteiger partial charge in [-0.1, -0.05) is 32.1 Å². The molecule has 2 saturated carbocycles. The first-order valence-electron chi connectivity index (χ1n) is 6.42. The third-order valence-corrected chi connectivity index (χ3v) is 4.44. The Morgan fingerprint density at radius 3 is 2.64 bits per heavy atom. The zero-order valence-electron chi connectivity index (χ0n) is 9.81. The molecule has 0 aromatic rings. The highest BCUT2D eigenvalue weighted by atomic mass is 14.9. The van der Waals surface area contributed by atoms with Crippen LogP contribution >= 0.6 is 0 Å². The number of rotatable bonds is 1. The van der Waals surface area contributed by atoms with Crippen molar-refractivity contribution in [1.82, 2.24) is 5.32 Å². The molecule has 0 radical (unpaired) electrons. The van der Waals surface area contributed by atoms with Gasteiger partial charge in [0.05, 0.1) is 0 Å². The molecule has 2 fully saturated rings. The predicted molar refractivity (Wildman–Crippen MR) is 61.4 cm³/mol. The molecular weight excluding hydrogens is 170 g/mol. The van der Waals surface area contributed by atoms with Gasteiger partial charge in [-0.2, -0.15) is 0 Å². The lowest BCUT2D eigenvalue weighted by Crippen LogP contribution is -2.40. The van der Waals surface area contributed by atoms with Gasteiger partial charge in [0.1, 0.15) is 0 Å². The van der Waals surface area contributed by atoms with Gasteiger partial charge >= 0.3 is 0 Å². The lowest BCUT2D eigenvalue weighted by molar-refractivity contribution is 0.290. The zero-order valence-corrected chi connectivity index (χ0v) is 9.81. The van der Waals surface area contributed by atoms with E-state index in [2.05, 4.69) is 19.3 Å². The lowest BCUT2D eigenvalue weighted by Gasteiger charge is -2.30. The maximum atomic E-state index is 3.55. The van der Waals surface area contributed by atoms with E-state index >= 15 is 0 Å². The highest BCUT2D eigenvalue weighted by molar-refractivity contribution is 4.95. The molecule has 1 heteroatoms. The van der Waals surface area contributed by atoms with Crippen LogP contribution < -0.4 is 5.32 Å². The Bertz CT molecular complexity index is 190. The van der Waals surface area contributed by atoms with E-state index in [0.717, 1.165) is 11.8 Å². The molecule has 3 atom stereocenters. The number of hydrogen-bond acceptors (Lipinski definition) is 1. The molecule has 14 heavy (non-hydrogen) atoms. The van der Waals surface area contributed by atoms with Crippen LogP contribution in [0.15, 0.2) is 0 Å². The molecule has 0 aromatic heterocycles. The fourth-order valence-electron chi connectivity index (χ4n) is 3.10. The summed E-state index contributed by atoms with van der Waals surface area (Å²) in [7, 11) is 2.14. The molecule has 0 spiro atoms. The van der Waals surface area contributed by atoms with Crippen molar-refractivity contribution in [2.24, 2.45) is 11.8 Å². The van der Waals surface area contributed by atoms with Crippen LogP contribution in [0.3, 0.4) is 0 Å². The SMILES string of the molecule is CNC1(C)CCCCCCC2CC2C1. The smallest absolute Gasteiger partial charge is 0.0153 e. The fraction of sp³-hybridized carbons (Fsp3) is 1.00. The highest BCUT2D eigenvalue weighted by Gasteiger charge is 2.40. The van der Waals surface area contributed by atoms with E-state index in [0.29, 0.717) is 5.54 Å². The van der Waals surface area contributed by atoms with Crippen LogP contribution in [0.25, 0.3) is 0 Å². The van der Waals surface area contributed by atoms with E-state index < -0.39 is 0 Å². The summed E-state index contributed by atoms with van der Waals surface area (Å²) in [6.45, 7) is 2.42. The van der Waals surface area contributed by atoms with Gasteiger partial charge in [0.15, 0.2) is 0 Å². The molecule has 0 amide bonds. The summed E-state index contributed by atoms with van der Waals surface area (Å²) in [6, 6.07) is 0. The lowest BCUT2D eigenvalue weighted by atomic mass is 9.86. The van der Waals surface area contributed by atoms with Gasteiger partial charge in [-0.15, -0.1) is 0 Å². The minimum absolute atomic E-state index is 0.441. The van der Waals surface area contributed by atoms with Gasteiger partial charge in [0, 0.05) is 5.54 Å². The summed E-state index contributed by atoms with van der Waals surface area (Å²) in [4.78, 5) is 0. The minimum atomic E-state index is 0.441.